The molecule has 8 heteroatoms. The van der Waals surface area contributed by atoms with Crippen molar-refractivity contribution in [1.82, 2.24) is 15.5 Å². The summed E-state index contributed by atoms with van der Waals surface area (Å²) >= 11 is 1.29. The molecule has 0 aromatic carbocycles. The van der Waals surface area contributed by atoms with Crippen LogP contribution in [0.2, 0.25) is 0 Å². The molecule has 0 spiro atoms. The number of amides is 2. The van der Waals surface area contributed by atoms with E-state index < -0.39 is 17.5 Å². The molecule has 0 aliphatic heterocycles. The summed E-state index contributed by atoms with van der Waals surface area (Å²) in [6.07, 6.45) is 3.45. The minimum atomic E-state index is -1.18. The van der Waals surface area contributed by atoms with Gasteiger partial charge in [0.15, 0.2) is 0 Å². The number of aliphatic carboxylic acids is 1. The number of carbonyl (C=O) groups excluding carboxylic acids is 1. The predicted octanol–water partition coefficient (Wildman–Crippen LogP) is 2.26. The SMILES string of the molecule is CCc1nnc(NC(=O)NC2(C(=O)O)CCCC(C)C2)s1. The van der Waals surface area contributed by atoms with E-state index in [-0.39, 0.29) is 5.92 Å². The number of aromatic nitrogens is 2. The van der Waals surface area contributed by atoms with E-state index in [0.717, 1.165) is 24.3 Å². The maximum atomic E-state index is 12.0. The topological polar surface area (TPSA) is 104 Å². The zero-order valence-corrected chi connectivity index (χ0v) is 13.0. The fraction of sp³-hybridized carbons (Fsp3) is 0.692. The third kappa shape index (κ3) is 3.69. The quantitative estimate of drug-likeness (QED) is 0.791. The van der Waals surface area contributed by atoms with Gasteiger partial charge in [0.25, 0.3) is 0 Å². The molecule has 2 atom stereocenters. The van der Waals surface area contributed by atoms with Crippen LogP contribution in [-0.2, 0) is 11.2 Å². The Bertz CT molecular complexity index is 533. The lowest BCUT2D eigenvalue weighted by atomic mass is 9.76. The zero-order valence-electron chi connectivity index (χ0n) is 12.2. The van der Waals surface area contributed by atoms with E-state index in [2.05, 4.69) is 20.8 Å². The minimum Gasteiger partial charge on any atom is -0.480 e. The maximum Gasteiger partial charge on any atom is 0.329 e. The first kappa shape index (κ1) is 15.7. The average Bonchev–Trinajstić information content (AvgIpc) is 2.86. The van der Waals surface area contributed by atoms with Crippen LogP contribution in [0, 0.1) is 5.92 Å². The fourth-order valence-electron chi connectivity index (χ4n) is 2.71. The van der Waals surface area contributed by atoms with Gasteiger partial charge < -0.3 is 10.4 Å². The number of nitrogens with zero attached hydrogens (tertiary/aromatic N) is 2. The highest BCUT2D eigenvalue weighted by molar-refractivity contribution is 7.15. The lowest BCUT2D eigenvalue weighted by Gasteiger charge is -2.36. The molecule has 0 bridgehead atoms. The van der Waals surface area contributed by atoms with E-state index >= 15 is 0 Å². The van der Waals surface area contributed by atoms with Crippen molar-refractivity contribution < 1.29 is 14.7 Å². The first-order valence-corrected chi connectivity index (χ1v) is 7.92. The number of hydrogen-bond donors (Lipinski definition) is 3. The fourth-order valence-corrected chi connectivity index (χ4v) is 3.38. The van der Waals surface area contributed by atoms with Gasteiger partial charge in [-0.05, 0) is 25.2 Å². The van der Waals surface area contributed by atoms with Gasteiger partial charge in [0.05, 0.1) is 0 Å². The van der Waals surface area contributed by atoms with Crippen molar-refractivity contribution in [3.05, 3.63) is 5.01 Å². The van der Waals surface area contributed by atoms with Crippen molar-refractivity contribution in [1.29, 1.82) is 0 Å². The van der Waals surface area contributed by atoms with E-state index in [9.17, 15) is 14.7 Å². The molecule has 7 nitrogen and oxygen atoms in total. The van der Waals surface area contributed by atoms with Gasteiger partial charge in [-0.3, -0.25) is 5.32 Å². The van der Waals surface area contributed by atoms with Crippen molar-refractivity contribution in [3.63, 3.8) is 0 Å². The molecule has 1 saturated carbocycles. The highest BCUT2D eigenvalue weighted by Crippen LogP contribution is 2.32. The molecule has 1 aromatic rings. The monoisotopic (exact) mass is 312 g/mol. The third-order valence-corrected chi connectivity index (χ3v) is 4.73. The highest BCUT2D eigenvalue weighted by atomic mass is 32.1. The van der Waals surface area contributed by atoms with Crippen LogP contribution in [-0.4, -0.2) is 32.8 Å². The zero-order chi connectivity index (χ0) is 15.5. The van der Waals surface area contributed by atoms with Gasteiger partial charge in [-0.2, -0.15) is 0 Å². The number of anilines is 1. The number of rotatable bonds is 4. The summed E-state index contributed by atoms with van der Waals surface area (Å²) in [5.41, 5.74) is -1.18. The molecule has 1 aromatic heterocycles. The molecule has 1 fully saturated rings. The number of carboxylic acids is 1. The van der Waals surface area contributed by atoms with E-state index in [1.165, 1.54) is 11.3 Å². The summed E-state index contributed by atoms with van der Waals surface area (Å²) < 4.78 is 0. The van der Waals surface area contributed by atoms with E-state index in [1.54, 1.807) is 0 Å². The normalized spacial score (nSPS) is 25.3. The third-order valence-electron chi connectivity index (χ3n) is 3.75. The Kier molecular flexibility index (Phi) is 4.76. The van der Waals surface area contributed by atoms with Crippen molar-refractivity contribution in [3.8, 4) is 0 Å². The van der Waals surface area contributed by atoms with Crippen molar-refractivity contribution in [2.24, 2.45) is 5.92 Å². The van der Waals surface area contributed by atoms with Crippen LogP contribution in [0.1, 0.15) is 44.5 Å². The smallest absolute Gasteiger partial charge is 0.329 e. The molecule has 116 valence electrons. The second kappa shape index (κ2) is 6.38. The van der Waals surface area contributed by atoms with Crippen LogP contribution in [0.25, 0.3) is 0 Å². The standard InChI is InChI=1S/C13H20N4O3S/c1-3-9-16-17-12(21-9)14-11(20)15-13(10(18)19)6-4-5-8(2)7-13/h8H,3-7H2,1-2H3,(H,18,19)(H2,14,15,17,20). The summed E-state index contributed by atoms with van der Waals surface area (Å²) in [5, 5.41) is 23.7. The molecule has 0 saturated heterocycles. The van der Waals surface area contributed by atoms with Crippen molar-refractivity contribution in [2.45, 2.75) is 51.5 Å². The molecule has 2 rings (SSSR count). The molecule has 1 aliphatic carbocycles. The van der Waals surface area contributed by atoms with Gasteiger partial charge in [-0.15, -0.1) is 10.2 Å². The first-order valence-electron chi connectivity index (χ1n) is 7.10. The van der Waals surface area contributed by atoms with Crippen LogP contribution < -0.4 is 10.6 Å². The largest absolute Gasteiger partial charge is 0.480 e. The summed E-state index contributed by atoms with van der Waals surface area (Å²) in [6.45, 7) is 3.96. The van der Waals surface area contributed by atoms with E-state index in [0.29, 0.717) is 18.0 Å². The molecule has 0 radical (unpaired) electrons. The molecular formula is C13H20N4O3S. The number of nitrogens with one attached hydrogen (secondary N) is 2. The van der Waals surface area contributed by atoms with Crippen LogP contribution in [0.4, 0.5) is 9.93 Å². The van der Waals surface area contributed by atoms with Gasteiger partial charge >= 0.3 is 12.0 Å². The molecule has 2 unspecified atom stereocenters. The van der Waals surface area contributed by atoms with Crippen LogP contribution in [0.5, 0.6) is 0 Å². The van der Waals surface area contributed by atoms with Crippen LogP contribution >= 0.6 is 11.3 Å². The molecule has 1 aliphatic rings. The minimum absolute atomic E-state index is 0.281. The Morgan fingerprint density at radius 3 is 2.81 bits per heavy atom. The average molecular weight is 312 g/mol. The Labute approximate surface area is 127 Å². The number of urea groups is 1. The Morgan fingerprint density at radius 2 is 2.24 bits per heavy atom. The number of carboxylic acid groups (broad SMARTS) is 1. The number of aryl methyl sites for hydroxylation is 1. The highest BCUT2D eigenvalue weighted by Gasteiger charge is 2.43. The number of hydrogen-bond acceptors (Lipinski definition) is 5. The Morgan fingerprint density at radius 1 is 1.48 bits per heavy atom. The summed E-state index contributed by atoms with van der Waals surface area (Å²) in [7, 11) is 0. The molecular weight excluding hydrogens is 292 g/mol. The Balaban J connectivity index is 2.03. The maximum absolute atomic E-state index is 12.0. The van der Waals surface area contributed by atoms with E-state index in [4.69, 9.17) is 0 Å². The van der Waals surface area contributed by atoms with Gasteiger partial charge in [0, 0.05) is 0 Å². The van der Waals surface area contributed by atoms with Gasteiger partial charge in [-0.1, -0.05) is 38.0 Å². The van der Waals surface area contributed by atoms with E-state index in [1.807, 2.05) is 13.8 Å². The first-order chi connectivity index (χ1) is 9.95. The predicted molar refractivity (Wildman–Crippen MR) is 79.4 cm³/mol. The molecule has 2 amide bonds. The second-order valence-corrected chi connectivity index (χ2v) is 6.58. The lowest BCUT2D eigenvalue weighted by molar-refractivity contribution is -0.146. The number of carbonyl (C=O) groups is 2. The second-order valence-electron chi connectivity index (χ2n) is 5.52. The Hall–Kier alpha value is -1.70. The molecule has 3 N–H and O–H groups in total. The van der Waals surface area contributed by atoms with Crippen LogP contribution in [0.15, 0.2) is 0 Å². The van der Waals surface area contributed by atoms with Crippen molar-refractivity contribution in [2.75, 3.05) is 5.32 Å². The lowest BCUT2D eigenvalue weighted by Crippen LogP contribution is -2.57. The van der Waals surface area contributed by atoms with Crippen LogP contribution in [0.3, 0.4) is 0 Å². The molecule has 21 heavy (non-hydrogen) atoms. The summed E-state index contributed by atoms with van der Waals surface area (Å²) in [5.74, 6) is -0.695. The summed E-state index contributed by atoms with van der Waals surface area (Å²) in [4.78, 5) is 23.6. The van der Waals surface area contributed by atoms with Gasteiger partial charge in [-0.25, -0.2) is 9.59 Å². The molecule has 1 heterocycles. The summed E-state index contributed by atoms with van der Waals surface area (Å²) in [6, 6.07) is -0.537. The van der Waals surface area contributed by atoms with Crippen molar-refractivity contribution >= 4 is 28.5 Å². The van der Waals surface area contributed by atoms with Gasteiger partial charge in [0.2, 0.25) is 5.13 Å². The van der Waals surface area contributed by atoms with Gasteiger partial charge in [0.1, 0.15) is 10.5 Å².